The summed E-state index contributed by atoms with van der Waals surface area (Å²) in [6, 6.07) is 1.49. The van der Waals surface area contributed by atoms with Gasteiger partial charge in [0.1, 0.15) is 0 Å². The Morgan fingerprint density at radius 1 is 1.38 bits per heavy atom. The van der Waals surface area contributed by atoms with Gasteiger partial charge in [-0.05, 0) is 39.0 Å². The maximum absolute atomic E-state index is 3.63. The van der Waals surface area contributed by atoms with E-state index < -0.39 is 0 Å². The van der Waals surface area contributed by atoms with Gasteiger partial charge in [-0.15, -0.1) is 11.8 Å². The van der Waals surface area contributed by atoms with E-state index in [1.807, 2.05) is 6.92 Å². The van der Waals surface area contributed by atoms with Crippen molar-refractivity contribution in [1.29, 1.82) is 0 Å². The van der Waals surface area contributed by atoms with Gasteiger partial charge in [-0.25, -0.2) is 0 Å². The second kappa shape index (κ2) is 5.29. The molecule has 0 bridgehead atoms. The minimum atomic E-state index is 0.658. The third kappa shape index (κ3) is 4.33. The Labute approximate surface area is 82.3 Å². The molecule has 0 aromatic rings. The molecule has 1 N–H and O–H groups in total. The number of rotatable bonds is 5. The second-order valence-corrected chi connectivity index (χ2v) is 4.17. The van der Waals surface area contributed by atoms with Crippen LogP contribution in [0.3, 0.4) is 0 Å². The topological polar surface area (TPSA) is 12.0 Å². The molecule has 13 heavy (non-hydrogen) atoms. The van der Waals surface area contributed by atoms with Gasteiger partial charge in [0.15, 0.2) is 0 Å². The molecular weight excluding hydrogens is 158 g/mol. The Bertz CT molecular complexity index is 195. The van der Waals surface area contributed by atoms with E-state index in [9.17, 15) is 0 Å². The van der Waals surface area contributed by atoms with Crippen LogP contribution in [0.15, 0.2) is 0 Å². The van der Waals surface area contributed by atoms with Crippen molar-refractivity contribution in [2.24, 2.45) is 5.92 Å². The van der Waals surface area contributed by atoms with Crippen molar-refractivity contribution < 1.29 is 0 Å². The van der Waals surface area contributed by atoms with Gasteiger partial charge in [-0.3, -0.25) is 0 Å². The van der Waals surface area contributed by atoms with E-state index in [0.717, 1.165) is 18.4 Å². The average Bonchev–Trinajstić information content (AvgIpc) is 2.88. The van der Waals surface area contributed by atoms with E-state index in [1.54, 1.807) is 0 Å². The molecule has 0 saturated heterocycles. The van der Waals surface area contributed by atoms with E-state index in [-0.39, 0.29) is 0 Å². The Morgan fingerprint density at radius 2 is 2.08 bits per heavy atom. The van der Waals surface area contributed by atoms with Gasteiger partial charge in [0.05, 0.1) is 0 Å². The minimum Gasteiger partial charge on any atom is -0.311 e. The molecule has 74 valence electrons. The molecule has 1 saturated carbocycles. The fraction of sp³-hybridized carbons (Fsp3) is 0.833. The molecular formula is C12H21N. The van der Waals surface area contributed by atoms with Crippen LogP contribution in [-0.4, -0.2) is 12.1 Å². The molecule has 2 unspecified atom stereocenters. The molecule has 0 spiro atoms. The van der Waals surface area contributed by atoms with Gasteiger partial charge in [0.2, 0.25) is 0 Å². The summed E-state index contributed by atoms with van der Waals surface area (Å²) in [5.41, 5.74) is 0. The molecule has 0 aliphatic heterocycles. The minimum absolute atomic E-state index is 0.658. The normalized spacial score (nSPS) is 20.2. The molecule has 1 heteroatoms. The predicted octanol–water partition coefficient (Wildman–Crippen LogP) is 2.57. The summed E-state index contributed by atoms with van der Waals surface area (Å²) in [4.78, 5) is 0. The fourth-order valence-electron chi connectivity index (χ4n) is 1.46. The van der Waals surface area contributed by atoms with Gasteiger partial charge in [0.25, 0.3) is 0 Å². The van der Waals surface area contributed by atoms with Crippen LogP contribution in [0.4, 0.5) is 0 Å². The van der Waals surface area contributed by atoms with Crippen LogP contribution in [-0.2, 0) is 0 Å². The number of hydrogen-bond acceptors (Lipinski definition) is 1. The SMILES string of the molecule is CC#CCCC(C)C(C)NC1CC1. The highest BCUT2D eigenvalue weighted by Crippen LogP contribution is 2.21. The quantitative estimate of drug-likeness (QED) is 0.640. The van der Waals surface area contributed by atoms with E-state index in [2.05, 4.69) is 31.0 Å². The molecule has 0 aromatic carbocycles. The highest BCUT2D eigenvalue weighted by molar-refractivity contribution is 4.95. The summed E-state index contributed by atoms with van der Waals surface area (Å²) in [5, 5.41) is 3.63. The lowest BCUT2D eigenvalue weighted by Gasteiger charge is -2.20. The Balaban J connectivity index is 2.11. The zero-order chi connectivity index (χ0) is 9.68. The van der Waals surface area contributed by atoms with Gasteiger partial charge in [-0.2, -0.15) is 0 Å². The van der Waals surface area contributed by atoms with Gasteiger partial charge in [0, 0.05) is 18.5 Å². The number of nitrogens with one attached hydrogen (secondary N) is 1. The summed E-state index contributed by atoms with van der Waals surface area (Å²) in [7, 11) is 0. The molecule has 1 aliphatic rings. The van der Waals surface area contributed by atoms with Crippen molar-refractivity contribution in [2.45, 2.75) is 58.5 Å². The lowest BCUT2D eigenvalue weighted by molar-refractivity contribution is 0.380. The lowest BCUT2D eigenvalue weighted by Crippen LogP contribution is -2.33. The summed E-state index contributed by atoms with van der Waals surface area (Å²) in [6.07, 6.45) is 5.04. The molecule has 0 heterocycles. The summed E-state index contributed by atoms with van der Waals surface area (Å²) in [5.74, 6) is 6.82. The van der Waals surface area contributed by atoms with Crippen molar-refractivity contribution >= 4 is 0 Å². The van der Waals surface area contributed by atoms with Gasteiger partial charge >= 0.3 is 0 Å². The molecule has 2 atom stereocenters. The van der Waals surface area contributed by atoms with Crippen LogP contribution in [0.2, 0.25) is 0 Å². The van der Waals surface area contributed by atoms with Crippen molar-refractivity contribution in [2.75, 3.05) is 0 Å². The van der Waals surface area contributed by atoms with Gasteiger partial charge < -0.3 is 5.32 Å². The zero-order valence-electron chi connectivity index (χ0n) is 9.06. The standard InChI is InChI=1S/C12H21N/c1-4-5-6-7-10(2)11(3)13-12-8-9-12/h10-13H,6-9H2,1-3H3. The Hall–Kier alpha value is -0.480. The first-order chi connectivity index (χ1) is 6.24. The smallest absolute Gasteiger partial charge is 0.00916 e. The third-order valence-electron chi connectivity index (χ3n) is 2.83. The van der Waals surface area contributed by atoms with Crippen LogP contribution in [0.25, 0.3) is 0 Å². The number of hydrogen-bond donors (Lipinski definition) is 1. The highest BCUT2D eigenvalue weighted by Gasteiger charge is 2.24. The third-order valence-corrected chi connectivity index (χ3v) is 2.83. The maximum Gasteiger partial charge on any atom is 0.00916 e. The molecule has 0 radical (unpaired) electrons. The van der Waals surface area contributed by atoms with Crippen molar-refractivity contribution in [3.05, 3.63) is 0 Å². The van der Waals surface area contributed by atoms with E-state index >= 15 is 0 Å². The fourth-order valence-corrected chi connectivity index (χ4v) is 1.46. The maximum atomic E-state index is 3.63. The van der Waals surface area contributed by atoms with Crippen LogP contribution in [0.5, 0.6) is 0 Å². The summed E-state index contributed by atoms with van der Waals surface area (Å²) in [6.45, 7) is 6.52. The van der Waals surface area contributed by atoms with Crippen molar-refractivity contribution in [3.63, 3.8) is 0 Å². The lowest BCUT2D eigenvalue weighted by atomic mass is 9.98. The largest absolute Gasteiger partial charge is 0.311 e. The van der Waals surface area contributed by atoms with E-state index in [1.165, 1.54) is 19.3 Å². The first-order valence-corrected chi connectivity index (χ1v) is 5.39. The average molecular weight is 179 g/mol. The van der Waals surface area contributed by atoms with Gasteiger partial charge in [-0.1, -0.05) is 6.92 Å². The zero-order valence-corrected chi connectivity index (χ0v) is 9.06. The molecule has 0 amide bonds. The molecule has 1 nitrogen and oxygen atoms in total. The van der Waals surface area contributed by atoms with E-state index in [4.69, 9.17) is 0 Å². The highest BCUT2D eigenvalue weighted by atomic mass is 15.0. The summed E-state index contributed by atoms with van der Waals surface area (Å²) < 4.78 is 0. The second-order valence-electron chi connectivity index (χ2n) is 4.17. The van der Waals surface area contributed by atoms with Crippen molar-refractivity contribution in [1.82, 2.24) is 5.32 Å². The monoisotopic (exact) mass is 179 g/mol. The predicted molar refractivity (Wildman–Crippen MR) is 57.5 cm³/mol. The Morgan fingerprint density at radius 3 is 2.62 bits per heavy atom. The van der Waals surface area contributed by atoms with Crippen molar-refractivity contribution in [3.8, 4) is 11.8 Å². The van der Waals surface area contributed by atoms with Crippen LogP contribution >= 0.6 is 0 Å². The first-order valence-electron chi connectivity index (χ1n) is 5.39. The Kier molecular flexibility index (Phi) is 4.32. The first kappa shape index (κ1) is 10.6. The molecule has 1 rings (SSSR count). The summed E-state index contributed by atoms with van der Waals surface area (Å²) >= 11 is 0. The van der Waals surface area contributed by atoms with Crippen LogP contribution in [0, 0.1) is 17.8 Å². The van der Waals surface area contributed by atoms with E-state index in [0.29, 0.717) is 6.04 Å². The molecule has 0 aromatic heterocycles. The van der Waals surface area contributed by atoms with Crippen LogP contribution < -0.4 is 5.32 Å². The van der Waals surface area contributed by atoms with Crippen LogP contribution in [0.1, 0.15) is 46.5 Å². The molecule has 1 fully saturated rings. The molecule has 1 aliphatic carbocycles.